The van der Waals surface area contributed by atoms with Crippen molar-refractivity contribution in [2.24, 2.45) is 7.05 Å². The Morgan fingerprint density at radius 3 is 2.78 bits per heavy atom. The second kappa shape index (κ2) is 4.45. The number of hydrogen-bond acceptors (Lipinski definition) is 5. The number of fused-ring (bicyclic) bond motifs is 1. The van der Waals surface area contributed by atoms with Crippen molar-refractivity contribution in [1.29, 1.82) is 0 Å². The van der Waals surface area contributed by atoms with Crippen LogP contribution in [-0.4, -0.2) is 15.6 Å². The highest BCUT2D eigenvalue weighted by molar-refractivity contribution is 7.17. The summed E-state index contributed by atoms with van der Waals surface area (Å²) in [5.74, 6) is -1.18. The number of aromatic nitrogens is 1. The van der Waals surface area contributed by atoms with E-state index in [-0.39, 0.29) is 11.5 Å². The van der Waals surface area contributed by atoms with Crippen molar-refractivity contribution in [3.63, 3.8) is 0 Å². The van der Waals surface area contributed by atoms with Gasteiger partial charge in [-0.15, -0.1) is 11.3 Å². The summed E-state index contributed by atoms with van der Waals surface area (Å²) in [6, 6.07) is 0. The molecule has 0 spiro atoms. The number of nitrogens with zero attached hydrogens (tertiary/aromatic N) is 1. The highest BCUT2D eigenvalue weighted by Gasteiger charge is 2.20. The van der Waals surface area contributed by atoms with Gasteiger partial charge < -0.3 is 9.84 Å². The van der Waals surface area contributed by atoms with Crippen molar-refractivity contribution in [2.75, 3.05) is 0 Å². The summed E-state index contributed by atoms with van der Waals surface area (Å²) in [5, 5.41) is 12.6. The van der Waals surface area contributed by atoms with Gasteiger partial charge in [-0.3, -0.25) is 14.2 Å². The van der Waals surface area contributed by atoms with Gasteiger partial charge in [0.1, 0.15) is 4.83 Å². The fourth-order valence-corrected chi connectivity index (χ4v) is 2.96. The number of ether oxygens (including phenoxy) is 1. The van der Waals surface area contributed by atoms with Crippen LogP contribution in [0, 0.1) is 0 Å². The molecule has 0 aromatic carbocycles. The second-order valence-corrected chi connectivity index (χ2v) is 4.79. The lowest BCUT2D eigenvalue weighted by Gasteiger charge is -2.09. The number of aromatic hydroxyl groups is 1. The van der Waals surface area contributed by atoms with Gasteiger partial charge in [-0.25, -0.2) is 0 Å². The molecular weight excluding hydrogens is 254 g/mol. The summed E-state index contributed by atoms with van der Waals surface area (Å²) in [5.41, 5.74) is 0.413. The van der Waals surface area contributed by atoms with Crippen molar-refractivity contribution >= 4 is 27.5 Å². The summed E-state index contributed by atoms with van der Waals surface area (Å²) in [6.07, 6.45) is 0.727. The maximum atomic E-state index is 12.0. The van der Waals surface area contributed by atoms with E-state index < -0.39 is 11.5 Å². The molecule has 0 saturated heterocycles. The SMILES string of the molecule is CCc1csc2c1c(O)c(OC(C)=O)c(=O)n2C. The van der Waals surface area contributed by atoms with Crippen molar-refractivity contribution in [3.8, 4) is 11.5 Å². The van der Waals surface area contributed by atoms with E-state index in [1.54, 1.807) is 7.05 Å². The molecule has 1 N–H and O–H groups in total. The Balaban J connectivity index is 2.87. The molecule has 0 fully saturated rings. The predicted molar refractivity (Wildman–Crippen MR) is 69.4 cm³/mol. The van der Waals surface area contributed by atoms with Crippen molar-refractivity contribution in [1.82, 2.24) is 4.57 Å². The van der Waals surface area contributed by atoms with Crippen LogP contribution < -0.4 is 10.3 Å². The van der Waals surface area contributed by atoms with Crippen LogP contribution in [0.4, 0.5) is 0 Å². The summed E-state index contributed by atoms with van der Waals surface area (Å²) in [7, 11) is 1.59. The minimum Gasteiger partial charge on any atom is -0.504 e. The number of hydrogen-bond donors (Lipinski definition) is 1. The monoisotopic (exact) mass is 267 g/mol. The van der Waals surface area contributed by atoms with E-state index in [0.717, 1.165) is 12.0 Å². The summed E-state index contributed by atoms with van der Waals surface area (Å²) >= 11 is 1.38. The average Bonchev–Trinajstić information content (AvgIpc) is 2.75. The molecule has 0 aliphatic heterocycles. The zero-order valence-corrected chi connectivity index (χ0v) is 11.1. The number of aryl methyl sites for hydroxylation is 2. The number of esters is 1. The molecule has 0 radical (unpaired) electrons. The zero-order chi connectivity index (χ0) is 13.4. The topological polar surface area (TPSA) is 68.5 Å². The molecule has 0 bridgehead atoms. The maximum absolute atomic E-state index is 12.0. The first-order valence-electron chi connectivity index (χ1n) is 5.47. The number of rotatable bonds is 2. The first kappa shape index (κ1) is 12.6. The Morgan fingerprint density at radius 2 is 2.22 bits per heavy atom. The van der Waals surface area contributed by atoms with Gasteiger partial charge in [0.25, 0.3) is 5.56 Å². The molecule has 0 aliphatic rings. The molecule has 0 amide bonds. The highest BCUT2D eigenvalue weighted by Crippen LogP contribution is 2.37. The molecule has 2 aromatic rings. The third-order valence-corrected chi connectivity index (χ3v) is 3.83. The van der Waals surface area contributed by atoms with Crippen LogP contribution in [0.25, 0.3) is 10.2 Å². The summed E-state index contributed by atoms with van der Waals surface area (Å²) < 4.78 is 6.20. The molecule has 5 nitrogen and oxygen atoms in total. The molecule has 18 heavy (non-hydrogen) atoms. The Labute approximate surface area is 107 Å². The molecule has 0 saturated carbocycles. The molecule has 2 aromatic heterocycles. The van der Waals surface area contributed by atoms with Gasteiger partial charge in [-0.2, -0.15) is 0 Å². The number of pyridine rings is 1. The zero-order valence-electron chi connectivity index (χ0n) is 10.3. The van der Waals surface area contributed by atoms with Crippen molar-refractivity contribution in [3.05, 3.63) is 21.3 Å². The summed E-state index contributed by atoms with van der Waals surface area (Å²) in [6.45, 7) is 3.15. The molecule has 0 atom stereocenters. The van der Waals surface area contributed by atoms with Crippen molar-refractivity contribution in [2.45, 2.75) is 20.3 Å². The van der Waals surface area contributed by atoms with E-state index in [2.05, 4.69) is 0 Å². The first-order chi connectivity index (χ1) is 8.47. The average molecular weight is 267 g/mol. The van der Waals surface area contributed by atoms with Crippen LogP contribution in [0.15, 0.2) is 10.2 Å². The lowest BCUT2D eigenvalue weighted by Crippen LogP contribution is -2.20. The van der Waals surface area contributed by atoms with E-state index in [1.165, 1.54) is 22.8 Å². The van der Waals surface area contributed by atoms with E-state index in [4.69, 9.17) is 4.74 Å². The first-order valence-corrected chi connectivity index (χ1v) is 6.35. The van der Waals surface area contributed by atoms with Gasteiger partial charge in [0.15, 0.2) is 5.75 Å². The molecule has 96 valence electrons. The quantitative estimate of drug-likeness (QED) is 0.842. The minimum atomic E-state index is -0.630. The van der Waals surface area contributed by atoms with E-state index in [9.17, 15) is 14.7 Å². The fourth-order valence-electron chi connectivity index (χ4n) is 1.84. The van der Waals surface area contributed by atoms with Gasteiger partial charge in [-0.05, 0) is 17.4 Å². The van der Waals surface area contributed by atoms with Gasteiger partial charge in [0.2, 0.25) is 5.75 Å². The van der Waals surface area contributed by atoms with Gasteiger partial charge in [-0.1, -0.05) is 6.92 Å². The Bertz CT molecular complexity index is 683. The smallest absolute Gasteiger partial charge is 0.308 e. The minimum absolute atomic E-state index is 0.249. The summed E-state index contributed by atoms with van der Waals surface area (Å²) in [4.78, 5) is 23.6. The van der Waals surface area contributed by atoms with E-state index in [0.29, 0.717) is 10.2 Å². The van der Waals surface area contributed by atoms with E-state index in [1.807, 2.05) is 12.3 Å². The third kappa shape index (κ3) is 1.78. The van der Waals surface area contributed by atoms with Crippen LogP contribution in [0.3, 0.4) is 0 Å². The number of carbonyl (C=O) groups excluding carboxylic acids is 1. The normalized spacial score (nSPS) is 10.8. The lowest BCUT2D eigenvalue weighted by molar-refractivity contribution is -0.132. The second-order valence-electron chi connectivity index (χ2n) is 3.93. The molecule has 2 heterocycles. The van der Waals surface area contributed by atoms with Crippen LogP contribution >= 0.6 is 11.3 Å². The molecule has 6 heteroatoms. The molecule has 0 aliphatic carbocycles. The van der Waals surface area contributed by atoms with Gasteiger partial charge in [0.05, 0.1) is 5.39 Å². The largest absolute Gasteiger partial charge is 0.504 e. The Hall–Kier alpha value is -1.82. The molecule has 0 unspecified atom stereocenters. The maximum Gasteiger partial charge on any atom is 0.308 e. The molecular formula is C12H13NO4S. The van der Waals surface area contributed by atoms with Gasteiger partial charge in [0, 0.05) is 14.0 Å². The van der Waals surface area contributed by atoms with Crippen LogP contribution in [0.2, 0.25) is 0 Å². The van der Waals surface area contributed by atoms with Crippen LogP contribution in [-0.2, 0) is 18.3 Å². The standard InChI is InChI=1S/C12H13NO4S/c1-4-7-5-18-12-8(7)9(15)10(17-6(2)14)11(16)13(12)3/h5,15H,4H2,1-3H3. The number of carbonyl (C=O) groups is 1. The Kier molecular flexibility index (Phi) is 3.13. The van der Waals surface area contributed by atoms with Crippen LogP contribution in [0.1, 0.15) is 19.4 Å². The lowest BCUT2D eigenvalue weighted by atomic mass is 10.1. The van der Waals surface area contributed by atoms with Crippen molar-refractivity contribution < 1.29 is 14.6 Å². The molecule has 2 rings (SSSR count). The van der Waals surface area contributed by atoms with Crippen LogP contribution in [0.5, 0.6) is 11.5 Å². The third-order valence-electron chi connectivity index (χ3n) is 2.73. The number of thiophene rings is 1. The Morgan fingerprint density at radius 1 is 1.56 bits per heavy atom. The fraction of sp³-hybridized carbons (Fsp3) is 0.333. The highest BCUT2D eigenvalue weighted by atomic mass is 32.1. The predicted octanol–water partition coefficient (Wildman–Crippen LogP) is 1.79. The van der Waals surface area contributed by atoms with E-state index >= 15 is 0 Å². The van der Waals surface area contributed by atoms with Gasteiger partial charge >= 0.3 is 5.97 Å².